The summed E-state index contributed by atoms with van der Waals surface area (Å²) in [7, 11) is 0. The number of aliphatic carboxylic acids is 1. The Morgan fingerprint density at radius 1 is 0.868 bits per heavy atom. The fourth-order valence-corrected chi connectivity index (χ4v) is 3.95. The molecule has 1 aromatic rings. The van der Waals surface area contributed by atoms with Crippen molar-refractivity contribution < 1.29 is 38.5 Å². The number of nitrogens with two attached hydrogens (primary N) is 1. The topological polar surface area (TPSA) is 142 Å². The maximum atomic E-state index is 12.5. The summed E-state index contributed by atoms with van der Waals surface area (Å²) >= 11 is 0. The Bertz CT molecular complexity index is 916. The number of hydrogen-bond donors (Lipinski definition) is 2. The highest BCUT2D eigenvalue weighted by atomic mass is 16.6. The van der Waals surface area contributed by atoms with Gasteiger partial charge in [0.15, 0.2) is 11.5 Å². The molecule has 0 aliphatic carbocycles. The predicted molar refractivity (Wildman–Crippen MR) is 144 cm³/mol. The van der Waals surface area contributed by atoms with Gasteiger partial charge in [-0.05, 0) is 42.9 Å². The summed E-state index contributed by atoms with van der Waals surface area (Å²) in [5.41, 5.74) is 6.54. The van der Waals surface area contributed by atoms with E-state index in [0.717, 1.165) is 25.7 Å². The zero-order chi connectivity index (χ0) is 28.7. The van der Waals surface area contributed by atoms with Gasteiger partial charge in [0.25, 0.3) is 0 Å². The van der Waals surface area contributed by atoms with Crippen LogP contribution in [0.4, 0.5) is 0 Å². The molecule has 0 saturated carbocycles. The van der Waals surface area contributed by atoms with Gasteiger partial charge in [0, 0.05) is 18.8 Å². The standard InChI is InChI=1S/C29H45NO8/c1-6-9-11-13-24(31)37-22-16-15-21(17-23(22)38-25(32)14-12-10-7-2)26(27(30)28(33)34)20(5)18-36-29(35)19(4)8-3/h15-17,19-20,26-27H,6-14,18,30H2,1-5H3,(H,33,34)/t19?,20?,26?,27-/m0/s1. The zero-order valence-corrected chi connectivity index (χ0v) is 23.5. The van der Waals surface area contributed by atoms with E-state index in [1.165, 1.54) is 12.1 Å². The van der Waals surface area contributed by atoms with Gasteiger partial charge in [0.05, 0.1) is 12.5 Å². The van der Waals surface area contributed by atoms with E-state index in [1.54, 1.807) is 19.9 Å². The first-order valence-electron chi connectivity index (χ1n) is 13.8. The average molecular weight is 536 g/mol. The number of unbranched alkanes of at least 4 members (excludes halogenated alkanes) is 4. The van der Waals surface area contributed by atoms with Crippen LogP contribution in [0.25, 0.3) is 0 Å². The molecular weight excluding hydrogens is 490 g/mol. The van der Waals surface area contributed by atoms with Crippen molar-refractivity contribution in [3.63, 3.8) is 0 Å². The predicted octanol–water partition coefficient (Wildman–Crippen LogP) is 5.38. The van der Waals surface area contributed by atoms with Crippen LogP contribution in [-0.4, -0.2) is 41.6 Å². The third kappa shape index (κ3) is 11.2. The summed E-state index contributed by atoms with van der Waals surface area (Å²) < 4.78 is 16.5. The molecular formula is C29H45NO8. The first kappa shape index (κ1) is 33.1. The van der Waals surface area contributed by atoms with Crippen LogP contribution in [-0.2, 0) is 23.9 Å². The van der Waals surface area contributed by atoms with E-state index in [-0.39, 0.29) is 42.8 Å². The first-order valence-corrected chi connectivity index (χ1v) is 13.8. The van der Waals surface area contributed by atoms with Gasteiger partial charge >= 0.3 is 23.9 Å². The number of rotatable bonds is 18. The van der Waals surface area contributed by atoms with Crippen molar-refractivity contribution in [2.24, 2.45) is 17.6 Å². The minimum absolute atomic E-state index is 0.0271. The summed E-state index contributed by atoms with van der Waals surface area (Å²) in [5, 5.41) is 9.69. The molecule has 0 aromatic heterocycles. The van der Waals surface area contributed by atoms with Crippen molar-refractivity contribution in [3.05, 3.63) is 23.8 Å². The van der Waals surface area contributed by atoms with Crippen molar-refractivity contribution in [2.45, 2.75) is 104 Å². The summed E-state index contributed by atoms with van der Waals surface area (Å²) in [6, 6.07) is 3.26. The van der Waals surface area contributed by atoms with Crippen LogP contribution in [0.1, 0.15) is 104 Å². The quantitative estimate of drug-likeness (QED) is 0.144. The maximum absolute atomic E-state index is 12.5. The fraction of sp³-hybridized carbons (Fsp3) is 0.655. The van der Waals surface area contributed by atoms with Gasteiger partial charge in [-0.25, -0.2) is 0 Å². The average Bonchev–Trinajstić information content (AvgIpc) is 2.88. The highest BCUT2D eigenvalue weighted by molar-refractivity contribution is 5.77. The third-order valence-corrected chi connectivity index (χ3v) is 6.56. The highest BCUT2D eigenvalue weighted by Gasteiger charge is 2.33. The SMILES string of the molecule is CCCCCC(=O)Oc1ccc(C(C(C)COC(=O)C(C)CC)[C@H](N)C(=O)O)cc1OC(=O)CCCCC. The lowest BCUT2D eigenvalue weighted by molar-refractivity contribution is -0.149. The Morgan fingerprint density at radius 3 is 1.92 bits per heavy atom. The molecule has 0 fully saturated rings. The normalized spacial score (nSPS) is 14.2. The molecule has 0 radical (unpaired) electrons. The van der Waals surface area contributed by atoms with Crippen molar-refractivity contribution in [2.75, 3.05) is 6.61 Å². The molecule has 0 spiro atoms. The number of carbonyl (C=O) groups excluding carboxylic acids is 3. The highest BCUT2D eigenvalue weighted by Crippen LogP contribution is 2.36. The van der Waals surface area contributed by atoms with Crippen LogP contribution in [0.3, 0.4) is 0 Å². The van der Waals surface area contributed by atoms with Crippen molar-refractivity contribution in [1.29, 1.82) is 0 Å². The van der Waals surface area contributed by atoms with Gasteiger partial charge in [-0.3, -0.25) is 19.2 Å². The molecule has 38 heavy (non-hydrogen) atoms. The third-order valence-electron chi connectivity index (χ3n) is 6.56. The van der Waals surface area contributed by atoms with Crippen molar-refractivity contribution in [1.82, 2.24) is 0 Å². The Balaban J connectivity index is 3.29. The van der Waals surface area contributed by atoms with Gasteiger partial charge in [-0.1, -0.05) is 66.4 Å². The summed E-state index contributed by atoms with van der Waals surface area (Å²) in [6.45, 7) is 9.41. The monoisotopic (exact) mass is 535 g/mol. The Morgan fingerprint density at radius 2 is 1.42 bits per heavy atom. The molecule has 9 heteroatoms. The van der Waals surface area contributed by atoms with Crippen LogP contribution in [0.15, 0.2) is 18.2 Å². The largest absolute Gasteiger partial charge is 0.480 e. The molecule has 4 atom stereocenters. The van der Waals surface area contributed by atoms with Crippen molar-refractivity contribution in [3.8, 4) is 11.5 Å². The Hall–Kier alpha value is -2.94. The Labute approximate surface area is 226 Å². The second-order valence-electron chi connectivity index (χ2n) is 9.87. The minimum Gasteiger partial charge on any atom is -0.480 e. The van der Waals surface area contributed by atoms with Gasteiger partial charge in [0.2, 0.25) is 0 Å². The number of carboxylic acids is 1. The fourth-order valence-electron chi connectivity index (χ4n) is 3.95. The van der Waals surface area contributed by atoms with E-state index in [9.17, 15) is 24.3 Å². The first-order chi connectivity index (χ1) is 18.0. The van der Waals surface area contributed by atoms with Gasteiger partial charge in [-0.2, -0.15) is 0 Å². The second kappa shape index (κ2) is 17.5. The molecule has 9 nitrogen and oxygen atoms in total. The lowest BCUT2D eigenvalue weighted by atomic mass is 9.82. The van der Waals surface area contributed by atoms with Gasteiger partial charge < -0.3 is 25.1 Å². The molecule has 1 rings (SSSR count). The Kier molecular flexibility index (Phi) is 15.3. The summed E-state index contributed by atoms with van der Waals surface area (Å²) in [5.74, 6) is -3.93. The van der Waals surface area contributed by atoms with Crippen molar-refractivity contribution >= 4 is 23.9 Å². The molecule has 0 aliphatic rings. The number of carboxylic acid groups (broad SMARTS) is 1. The minimum atomic E-state index is -1.32. The lowest BCUT2D eigenvalue weighted by Gasteiger charge is -2.28. The molecule has 0 heterocycles. The molecule has 0 aliphatic heterocycles. The van der Waals surface area contributed by atoms with E-state index in [2.05, 4.69) is 0 Å². The van der Waals surface area contributed by atoms with E-state index in [0.29, 0.717) is 24.8 Å². The molecule has 3 unspecified atom stereocenters. The van der Waals surface area contributed by atoms with Crippen LogP contribution < -0.4 is 15.2 Å². The van der Waals surface area contributed by atoms with E-state index >= 15 is 0 Å². The number of ether oxygens (including phenoxy) is 3. The maximum Gasteiger partial charge on any atom is 0.321 e. The molecule has 1 aromatic carbocycles. The van der Waals surface area contributed by atoms with E-state index in [4.69, 9.17) is 19.9 Å². The second-order valence-corrected chi connectivity index (χ2v) is 9.87. The van der Waals surface area contributed by atoms with Crippen LogP contribution in [0, 0.1) is 11.8 Å². The number of carbonyl (C=O) groups is 4. The molecule has 0 amide bonds. The number of hydrogen-bond acceptors (Lipinski definition) is 8. The molecule has 0 bridgehead atoms. The summed E-state index contributed by atoms with van der Waals surface area (Å²) in [6.07, 6.45) is 6.05. The van der Waals surface area contributed by atoms with E-state index in [1.807, 2.05) is 20.8 Å². The molecule has 214 valence electrons. The van der Waals surface area contributed by atoms with Gasteiger partial charge in [0.1, 0.15) is 6.04 Å². The van der Waals surface area contributed by atoms with E-state index < -0.39 is 35.8 Å². The van der Waals surface area contributed by atoms with Gasteiger partial charge in [-0.15, -0.1) is 0 Å². The van der Waals surface area contributed by atoms with Crippen LogP contribution in [0.2, 0.25) is 0 Å². The zero-order valence-electron chi connectivity index (χ0n) is 23.5. The summed E-state index contributed by atoms with van der Waals surface area (Å²) in [4.78, 5) is 49.0. The number of benzene rings is 1. The molecule has 3 N–H and O–H groups in total. The lowest BCUT2D eigenvalue weighted by Crippen LogP contribution is -2.40. The van der Waals surface area contributed by atoms with Crippen LogP contribution in [0.5, 0.6) is 11.5 Å². The molecule has 0 saturated heterocycles. The van der Waals surface area contributed by atoms with Crippen LogP contribution >= 0.6 is 0 Å². The number of esters is 3. The smallest absolute Gasteiger partial charge is 0.321 e.